The fourth-order valence-electron chi connectivity index (χ4n) is 3.01. The predicted molar refractivity (Wildman–Crippen MR) is 87.5 cm³/mol. The van der Waals surface area contributed by atoms with Gasteiger partial charge in [0.25, 0.3) is 0 Å². The first-order valence-corrected chi connectivity index (χ1v) is 8.05. The van der Waals surface area contributed by atoms with Gasteiger partial charge < -0.3 is 14.8 Å². The molecular formula is C18H23N2O2. The van der Waals surface area contributed by atoms with Crippen molar-refractivity contribution < 1.29 is 9.47 Å². The number of hydrogen-bond donors (Lipinski definition) is 1. The molecule has 3 rings (SSSR count). The summed E-state index contributed by atoms with van der Waals surface area (Å²) in [6, 6.07) is 8.84. The van der Waals surface area contributed by atoms with Crippen LogP contribution in [0.25, 0.3) is 10.9 Å². The zero-order chi connectivity index (χ0) is 15.2. The minimum absolute atomic E-state index is 0.725. The van der Waals surface area contributed by atoms with Crippen LogP contribution >= 0.6 is 0 Å². The van der Waals surface area contributed by atoms with Crippen LogP contribution in [0, 0.1) is 12.0 Å². The first-order chi connectivity index (χ1) is 10.9. The third kappa shape index (κ3) is 3.69. The highest BCUT2D eigenvalue weighted by Gasteiger charge is 2.13. The molecule has 0 atom stereocenters. The third-order valence-corrected chi connectivity index (χ3v) is 4.28. The second kappa shape index (κ2) is 7.45. The number of benzene rings is 1. The molecule has 1 aromatic carbocycles. The Morgan fingerprint density at radius 2 is 2.14 bits per heavy atom. The lowest BCUT2D eigenvalue weighted by molar-refractivity contribution is 0.263. The molecule has 22 heavy (non-hydrogen) atoms. The Balaban J connectivity index is 1.58. The fraction of sp³-hybridized carbons (Fsp3) is 0.500. The number of piperidine rings is 1. The van der Waals surface area contributed by atoms with Crippen molar-refractivity contribution in [3.8, 4) is 11.5 Å². The summed E-state index contributed by atoms with van der Waals surface area (Å²) in [5, 5.41) is 4.35. The second-order valence-electron chi connectivity index (χ2n) is 5.79. The minimum atomic E-state index is 0.725. The number of ether oxygens (including phenoxy) is 2. The minimum Gasteiger partial charge on any atom is -0.493 e. The number of aromatic nitrogens is 1. The van der Waals surface area contributed by atoms with Crippen LogP contribution in [0.1, 0.15) is 25.7 Å². The number of nitrogens with zero attached hydrogens (tertiary/aromatic N) is 1. The summed E-state index contributed by atoms with van der Waals surface area (Å²) >= 11 is 0. The monoisotopic (exact) mass is 299 g/mol. The molecule has 1 radical (unpaired) electrons. The van der Waals surface area contributed by atoms with Crippen molar-refractivity contribution in [1.29, 1.82) is 0 Å². The van der Waals surface area contributed by atoms with Gasteiger partial charge in [-0.2, -0.15) is 0 Å². The molecule has 4 heteroatoms. The van der Waals surface area contributed by atoms with Crippen molar-refractivity contribution in [2.45, 2.75) is 25.7 Å². The Morgan fingerprint density at radius 1 is 1.27 bits per heavy atom. The molecule has 1 N–H and O–H groups in total. The summed E-state index contributed by atoms with van der Waals surface area (Å²) in [5.74, 6) is 2.37. The van der Waals surface area contributed by atoms with Crippen molar-refractivity contribution in [3.63, 3.8) is 0 Å². The summed E-state index contributed by atoms with van der Waals surface area (Å²) in [7, 11) is 1.67. The molecule has 0 spiro atoms. The molecule has 2 aromatic rings. The van der Waals surface area contributed by atoms with E-state index < -0.39 is 0 Å². The highest BCUT2D eigenvalue weighted by atomic mass is 16.5. The quantitative estimate of drug-likeness (QED) is 0.832. The van der Waals surface area contributed by atoms with Crippen LogP contribution in [0.3, 0.4) is 0 Å². The van der Waals surface area contributed by atoms with Gasteiger partial charge in [-0.25, -0.2) is 0 Å². The maximum Gasteiger partial charge on any atom is 0.163 e. The Labute approximate surface area is 131 Å². The van der Waals surface area contributed by atoms with E-state index in [4.69, 9.17) is 9.47 Å². The van der Waals surface area contributed by atoms with Gasteiger partial charge in [-0.15, -0.1) is 0 Å². The lowest BCUT2D eigenvalue weighted by Gasteiger charge is -2.22. The Morgan fingerprint density at radius 3 is 2.95 bits per heavy atom. The average molecular weight is 299 g/mol. The molecule has 1 saturated heterocycles. The zero-order valence-electron chi connectivity index (χ0n) is 13.1. The van der Waals surface area contributed by atoms with Crippen molar-refractivity contribution in [1.82, 2.24) is 10.3 Å². The second-order valence-corrected chi connectivity index (χ2v) is 5.79. The van der Waals surface area contributed by atoms with E-state index in [0.29, 0.717) is 0 Å². The van der Waals surface area contributed by atoms with Gasteiger partial charge in [-0.1, -0.05) is 0 Å². The van der Waals surface area contributed by atoms with Gasteiger partial charge in [0.1, 0.15) is 0 Å². The number of rotatable bonds is 6. The van der Waals surface area contributed by atoms with E-state index in [-0.39, 0.29) is 0 Å². The molecule has 1 aromatic heterocycles. The van der Waals surface area contributed by atoms with Gasteiger partial charge in [-0.3, -0.25) is 4.98 Å². The van der Waals surface area contributed by atoms with Crippen molar-refractivity contribution in [2.75, 3.05) is 26.8 Å². The van der Waals surface area contributed by atoms with E-state index in [9.17, 15) is 0 Å². The van der Waals surface area contributed by atoms with E-state index in [1.807, 2.05) is 12.1 Å². The van der Waals surface area contributed by atoms with Gasteiger partial charge in [0.2, 0.25) is 0 Å². The summed E-state index contributed by atoms with van der Waals surface area (Å²) in [6.07, 6.45) is 6.65. The van der Waals surface area contributed by atoms with Crippen LogP contribution in [0.5, 0.6) is 11.5 Å². The van der Waals surface area contributed by atoms with Gasteiger partial charge in [0.15, 0.2) is 11.5 Å². The lowest BCUT2D eigenvalue weighted by atomic mass is 9.93. The van der Waals surface area contributed by atoms with Crippen LogP contribution in [0.4, 0.5) is 0 Å². The van der Waals surface area contributed by atoms with E-state index in [1.54, 1.807) is 19.4 Å². The Kier molecular flexibility index (Phi) is 5.11. The van der Waals surface area contributed by atoms with Crippen LogP contribution in [0.2, 0.25) is 0 Å². The molecule has 0 bridgehead atoms. The highest BCUT2D eigenvalue weighted by Crippen LogP contribution is 2.31. The van der Waals surface area contributed by atoms with E-state index in [0.717, 1.165) is 54.4 Å². The first kappa shape index (κ1) is 15.1. The SMILES string of the molecule is COc1cc2[c]ccnc2cc1OCCCC1CCNCC1. The molecule has 0 saturated carbocycles. The largest absolute Gasteiger partial charge is 0.493 e. The molecule has 117 valence electrons. The lowest BCUT2D eigenvalue weighted by Crippen LogP contribution is -2.27. The molecule has 0 amide bonds. The van der Waals surface area contributed by atoms with E-state index in [2.05, 4.69) is 16.4 Å². The number of nitrogens with one attached hydrogen (secondary N) is 1. The summed E-state index contributed by atoms with van der Waals surface area (Å²) < 4.78 is 11.4. The smallest absolute Gasteiger partial charge is 0.163 e. The Bertz CT molecular complexity index is 609. The molecule has 4 nitrogen and oxygen atoms in total. The summed E-state index contributed by atoms with van der Waals surface area (Å²) in [6.45, 7) is 3.04. The van der Waals surface area contributed by atoms with Gasteiger partial charge in [-0.05, 0) is 62.9 Å². The summed E-state index contributed by atoms with van der Waals surface area (Å²) in [5.41, 5.74) is 0.886. The topological polar surface area (TPSA) is 43.4 Å². The molecule has 1 aliphatic rings. The zero-order valence-corrected chi connectivity index (χ0v) is 13.1. The van der Waals surface area contributed by atoms with Gasteiger partial charge in [0, 0.05) is 17.6 Å². The van der Waals surface area contributed by atoms with Crippen LogP contribution < -0.4 is 14.8 Å². The van der Waals surface area contributed by atoms with E-state index >= 15 is 0 Å². The van der Waals surface area contributed by atoms with Gasteiger partial charge >= 0.3 is 0 Å². The standard InChI is InChI=1S/C18H23N2O2/c1-21-17-12-15-5-2-8-20-16(15)13-18(17)22-11-3-4-14-6-9-19-10-7-14/h2,8,12-14,19H,3-4,6-7,9-11H2,1H3. The maximum absolute atomic E-state index is 5.93. The molecule has 1 fully saturated rings. The van der Waals surface area contributed by atoms with Gasteiger partial charge in [0.05, 0.1) is 19.2 Å². The number of pyridine rings is 1. The van der Waals surface area contributed by atoms with Crippen LogP contribution in [0.15, 0.2) is 24.4 Å². The molecule has 2 heterocycles. The molecule has 0 aliphatic carbocycles. The molecule has 1 aliphatic heterocycles. The maximum atomic E-state index is 5.93. The fourth-order valence-corrected chi connectivity index (χ4v) is 3.01. The summed E-state index contributed by atoms with van der Waals surface area (Å²) in [4.78, 5) is 4.35. The van der Waals surface area contributed by atoms with Crippen LogP contribution in [-0.4, -0.2) is 31.8 Å². The van der Waals surface area contributed by atoms with Crippen molar-refractivity contribution in [2.24, 2.45) is 5.92 Å². The number of fused-ring (bicyclic) bond motifs is 1. The third-order valence-electron chi connectivity index (χ3n) is 4.28. The van der Waals surface area contributed by atoms with Crippen LogP contribution in [-0.2, 0) is 0 Å². The Hall–Kier alpha value is -1.81. The van der Waals surface area contributed by atoms with Crippen molar-refractivity contribution >= 4 is 10.9 Å². The predicted octanol–water partition coefficient (Wildman–Crippen LogP) is 3.20. The highest BCUT2D eigenvalue weighted by molar-refractivity contribution is 5.81. The van der Waals surface area contributed by atoms with E-state index in [1.165, 1.54) is 19.3 Å². The molecular weight excluding hydrogens is 276 g/mol. The van der Waals surface area contributed by atoms with Crippen molar-refractivity contribution in [3.05, 3.63) is 30.5 Å². The average Bonchev–Trinajstić information content (AvgIpc) is 2.59. The first-order valence-electron chi connectivity index (χ1n) is 8.05. The molecule has 0 unspecified atom stereocenters. The number of methoxy groups -OCH3 is 1. The normalized spacial score (nSPS) is 15.9. The number of hydrogen-bond acceptors (Lipinski definition) is 4.